The van der Waals surface area contributed by atoms with Crippen LogP contribution in [0.25, 0.3) is 0 Å². The summed E-state index contributed by atoms with van der Waals surface area (Å²) < 4.78 is 1.71. The fourth-order valence-electron chi connectivity index (χ4n) is 2.90. The standard InChI is InChI=1S/C17H20ClN3O/c1-11-7-15(11)17(13-3-5-14(18)6-4-13)20-16(22)8-12-9-19-21(2)10-12/h3-6,9-11,15,17H,7-8H2,1-2H3,(H,20,22)/t11-,15-,17-/m1/s1. The highest BCUT2D eigenvalue weighted by atomic mass is 35.5. The zero-order valence-electron chi connectivity index (χ0n) is 12.8. The first-order valence-electron chi connectivity index (χ1n) is 7.55. The monoisotopic (exact) mass is 317 g/mol. The Kier molecular flexibility index (Phi) is 4.21. The van der Waals surface area contributed by atoms with Crippen molar-refractivity contribution in [3.8, 4) is 0 Å². The Balaban J connectivity index is 1.70. The number of carbonyl (C=O) groups is 1. The molecule has 1 aliphatic carbocycles. The number of amides is 1. The molecule has 1 fully saturated rings. The summed E-state index contributed by atoms with van der Waals surface area (Å²) in [7, 11) is 1.85. The van der Waals surface area contributed by atoms with Crippen molar-refractivity contribution in [1.29, 1.82) is 0 Å². The van der Waals surface area contributed by atoms with Gasteiger partial charge in [-0.25, -0.2) is 0 Å². The molecule has 1 heterocycles. The molecule has 3 atom stereocenters. The maximum absolute atomic E-state index is 12.3. The van der Waals surface area contributed by atoms with Gasteiger partial charge in [0.05, 0.1) is 18.7 Å². The van der Waals surface area contributed by atoms with Gasteiger partial charge in [-0.3, -0.25) is 9.48 Å². The van der Waals surface area contributed by atoms with E-state index in [9.17, 15) is 4.79 Å². The van der Waals surface area contributed by atoms with E-state index in [4.69, 9.17) is 11.6 Å². The molecule has 1 aromatic carbocycles. The van der Waals surface area contributed by atoms with Gasteiger partial charge in [0.15, 0.2) is 0 Å². The van der Waals surface area contributed by atoms with Gasteiger partial charge in [-0.2, -0.15) is 5.10 Å². The molecule has 2 aromatic rings. The van der Waals surface area contributed by atoms with Crippen LogP contribution in [0.2, 0.25) is 5.02 Å². The number of benzene rings is 1. The van der Waals surface area contributed by atoms with E-state index < -0.39 is 0 Å². The van der Waals surface area contributed by atoms with Crippen molar-refractivity contribution in [2.24, 2.45) is 18.9 Å². The smallest absolute Gasteiger partial charge is 0.225 e. The maximum Gasteiger partial charge on any atom is 0.225 e. The van der Waals surface area contributed by atoms with Crippen molar-refractivity contribution < 1.29 is 4.79 Å². The van der Waals surface area contributed by atoms with E-state index in [2.05, 4.69) is 17.3 Å². The molecule has 1 N–H and O–H groups in total. The Bertz CT molecular complexity index is 665. The lowest BCUT2D eigenvalue weighted by Crippen LogP contribution is -2.31. The Hall–Kier alpha value is -1.81. The number of hydrogen-bond acceptors (Lipinski definition) is 2. The van der Waals surface area contributed by atoms with E-state index in [1.165, 1.54) is 0 Å². The van der Waals surface area contributed by atoms with E-state index in [0.29, 0.717) is 23.3 Å². The quantitative estimate of drug-likeness (QED) is 0.921. The summed E-state index contributed by atoms with van der Waals surface area (Å²) >= 11 is 5.96. The molecule has 22 heavy (non-hydrogen) atoms. The predicted molar refractivity (Wildman–Crippen MR) is 86.5 cm³/mol. The number of aromatic nitrogens is 2. The lowest BCUT2D eigenvalue weighted by atomic mass is 10.0. The van der Waals surface area contributed by atoms with Gasteiger partial charge in [0.1, 0.15) is 0 Å². The Morgan fingerprint density at radius 1 is 1.45 bits per heavy atom. The topological polar surface area (TPSA) is 46.9 Å². The summed E-state index contributed by atoms with van der Waals surface area (Å²) in [6.45, 7) is 2.22. The van der Waals surface area contributed by atoms with Crippen LogP contribution in [0.4, 0.5) is 0 Å². The van der Waals surface area contributed by atoms with Crippen LogP contribution >= 0.6 is 11.6 Å². The summed E-state index contributed by atoms with van der Waals surface area (Å²) in [5.41, 5.74) is 2.05. The molecule has 5 heteroatoms. The Morgan fingerprint density at radius 2 is 2.14 bits per heavy atom. The van der Waals surface area contributed by atoms with Crippen molar-refractivity contribution in [3.05, 3.63) is 52.8 Å². The number of nitrogens with one attached hydrogen (secondary N) is 1. The van der Waals surface area contributed by atoms with Gasteiger partial charge in [-0.15, -0.1) is 0 Å². The van der Waals surface area contributed by atoms with E-state index >= 15 is 0 Å². The van der Waals surface area contributed by atoms with Crippen LogP contribution in [0.15, 0.2) is 36.7 Å². The fraction of sp³-hybridized carbons (Fsp3) is 0.412. The van der Waals surface area contributed by atoms with Gasteiger partial charge in [0, 0.05) is 18.3 Å². The van der Waals surface area contributed by atoms with Gasteiger partial charge in [0.25, 0.3) is 0 Å². The number of hydrogen-bond donors (Lipinski definition) is 1. The van der Waals surface area contributed by atoms with Crippen LogP contribution in [-0.4, -0.2) is 15.7 Å². The van der Waals surface area contributed by atoms with Crippen molar-refractivity contribution in [1.82, 2.24) is 15.1 Å². The first kappa shape index (κ1) is 15.1. The first-order chi connectivity index (χ1) is 10.5. The highest BCUT2D eigenvalue weighted by Crippen LogP contribution is 2.47. The molecule has 3 rings (SSSR count). The third-order valence-electron chi connectivity index (χ3n) is 4.27. The average molecular weight is 318 g/mol. The Labute approximate surface area is 135 Å². The molecule has 0 radical (unpaired) electrons. The highest BCUT2D eigenvalue weighted by molar-refractivity contribution is 6.30. The van der Waals surface area contributed by atoms with Gasteiger partial charge < -0.3 is 5.32 Å². The molecule has 0 spiro atoms. The minimum Gasteiger partial charge on any atom is -0.349 e. The van der Waals surface area contributed by atoms with E-state index in [1.54, 1.807) is 10.9 Å². The van der Waals surface area contributed by atoms with Gasteiger partial charge in [0.2, 0.25) is 5.91 Å². The third kappa shape index (κ3) is 3.50. The van der Waals surface area contributed by atoms with Crippen molar-refractivity contribution in [3.63, 3.8) is 0 Å². The number of halogens is 1. The van der Waals surface area contributed by atoms with E-state index in [-0.39, 0.29) is 11.9 Å². The molecule has 0 bridgehead atoms. The molecule has 1 aromatic heterocycles. The second kappa shape index (κ2) is 6.13. The second-order valence-corrected chi connectivity index (χ2v) is 6.61. The SMILES string of the molecule is C[C@@H]1C[C@H]1[C@H](NC(=O)Cc1cnn(C)c1)c1ccc(Cl)cc1. The van der Waals surface area contributed by atoms with Crippen LogP contribution < -0.4 is 5.32 Å². The van der Waals surface area contributed by atoms with Crippen LogP contribution in [0.1, 0.15) is 30.5 Å². The minimum absolute atomic E-state index is 0.0343. The van der Waals surface area contributed by atoms with Gasteiger partial charge in [-0.05, 0) is 41.5 Å². The number of nitrogens with zero attached hydrogens (tertiary/aromatic N) is 2. The molecule has 4 nitrogen and oxygen atoms in total. The largest absolute Gasteiger partial charge is 0.349 e. The van der Waals surface area contributed by atoms with E-state index in [1.807, 2.05) is 37.5 Å². The molecule has 0 unspecified atom stereocenters. The summed E-state index contributed by atoms with van der Waals surface area (Å²) in [5, 5.41) is 8.00. The normalized spacial score (nSPS) is 21.4. The van der Waals surface area contributed by atoms with Gasteiger partial charge in [-0.1, -0.05) is 30.7 Å². The highest BCUT2D eigenvalue weighted by Gasteiger charge is 2.40. The first-order valence-corrected chi connectivity index (χ1v) is 7.93. The minimum atomic E-state index is 0.0343. The average Bonchev–Trinajstić information content (AvgIpc) is 3.06. The molecule has 0 saturated heterocycles. The molecule has 1 aliphatic rings. The number of carbonyl (C=O) groups excluding carboxylic acids is 1. The van der Waals surface area contributed by atoms with Crippen molar-refractivity contribution in [2.45, 2.75) is 25.8 Å². The lowest BCUT2D eigenvalue weighted by molar-refractivity contribution is -0.121. The molecular weight excluding hydrogens is 298 g/mol. The maximum atomic E-state index is 12.3. The second-order valence-electron chi connectivity index (χ2n) is 6.17. The number of aryl methyl sites for hydroxylation is 1. The third-order valence-corrected chi connectivity index (χ3v) is 4.52. The van der Waals surface area contributed by atoms with Crippen LogP contribution in [0, 0.1) is 11.8 Å². The zero-order valence-corrected chi connectivity index (χ0v) is 13.5. The van der Waals surface area contributed by atoms with Crippen LogP contribution in [0.5, 0.6) is 0 Å². The van der Waals surface area contributed by atoms with Crippen molar-refractivity contribution in [2.75, 3.05) is 0 Å². The number of rotatable bonds is 5. The Morgan fingerprint density at radius 3 is 2.68 bits per heavy atom. The van der Waals surface area contributed by atoms with Crippen LogP contribution in [0.3, 0.4) is 0 Å². The molecule has 1 saturated carbocycles. The van der Waals surface area contributed by atoms with Crippen molar-refractivity contribution >= 4 is 17.5 Å². The molecule has 0 aliphatic heterocycles. The predicted octanol–water partition coefficient (Wildman–Crippen LogP) is 3.13. The van der Waals surface area contributed by atoms with E-state index in [0.717, 1.165) is 17.5 Å². The summed E-state index contributed by atoms with van der Waals surface area (Å²) in [6.07, 6.45) is 5.12. The zero-order chi connectivity index (χ0) is 15.7. The van der Waals surface area contributed by atoms with Crippen LogP contribution in [-0.2, 0) is 18.3 Å². The molecular formula is C17H20ClN3O. The fourth-order valence-corrected chi connectivity index (χ4v) is 3.02. The summed E-state index contributed by atoms with van der Waals surface area (Å²) in [4.78, 5) is 12.3. The summed E-state index contributed by atoms with van der Waals surface area (Å²) in [6, 6.07) is 7.83. The van der Waals surface area contributed by atoms with Gasteiger partial charge >= 0.3 is 0 Å². The summed E-state index contributed by atoms with van der Waals surface area (Å²) in [5.74, 6) is 1.20. The molecule has 1 amide bonds. The molecule has 116 valence electrons. The lowest BCUT2D eigenvalue weighted by Gasteiger charge is -2.19.